The molecule has 2 unspecified atom stereocenters. The van der Waals surface area contributed by atoms with E-state index in [0.29, 0.717) is 28.2 Å². The molecule has 138 valence electrons. The van der Waals surface area contributed by atoms with Gasteiger partial charge < -0.3 is 20.6 Å². The van der Waals surface area contributed by atoms with Crippen molar-refractivity contribution in [1.29, 1.82) is 0 Å². The Bertz CT molecular complexity index is 879. The van der Waals surface area contributed by atoms with Crippen LogP contribution in [-0.4, -0.2) is 29.6 Å². The molecule has 1 aromatic heterocycles. The number of carbonyl (C=O) groups is 2. The van der Waals surface area contributed by atoms with Gasteiger partial charge in [0.2, 0.25) is 5.91 Å². The van der Waals surface area contributed by atoms with Crippen molar-refractivity contribution < 1.29 is 19.1 Å². The molecule has 1 aromatic carbocycles. The van der Waals surface area contributed by atoms with Gasteiger partial charge >= 0.3 is 0 Å². The Morgan fingerprint density at radius 2 is 2.12 bits per heavy atom. The Kier molecular flexibility index (Phi) is 4.03. The van der Waals surface area contributed by atoms with Crippen LogP contribution in [0.4, 0.5) is 0 Å². The zero-order valence-electron chi connectivity index (χ0n) is 14.9. The number of aryl methyl sites for hydroxylation is 1. The van der Waals surface area contributed by atoms with Gasteiger partial charge in [0, 0.05) is 5.39 Å². The van der Waals surface area contributed by atoms with E-state index in [4.69, 9.17) is 10.2 Å². The van der Waals surface area contributed by atoms with E-state index in [9.17, 15) is 14.7 Å². The maximum absolute atomic E-state index is 12.7. The van der Waals surface area contributed by atoms with Crippen molar-refractivity contribution in [3.05, 3.63) is 35.1 Å². The van der Waals surface area contributed by atoms with Crippen molar-refractivity contribution >= 4 is 22.8 Å². The average molecular weight is 356 g/mol. The molecule has 1 spiro atoms. The van der Waals surface area contributed by atoms with Gasteiger partial charge in [0.15, 0.2) is 0 Å². The van der Waals surface area contributed by atoms with Gasteiger partial charge in [-0.2, -0.15) is 0 Å². The molecule has 6 heteroatoms. The van der Waals surface area contributed by atoms with Crippen LogP contribution >= 0.6 is 0 Å². The van der Waals surface area contributed by atoms with E-state index in [-0.39, 0.29) is 0 Å². The highest BCUT2D eigenvalue weighted by molar-refractivity contribution is 6.08. The molecule has 0 aliphatic heterocycles. The molecule has 2 aliphatic carbocycles. The van der Waals surface area contributed by atoms with E-state index in [2.05, 4.69) is 17.4 Å². The topological polar surface area (TPSA) is 106 Å². The number of rotatable bonds is 5. The van der Waals surface area contributed by atoms with Gasteiger partial charge in [0.05, 0.1) is 12.2 Å². The molecular weight excluding hydrogens is 332 g/mol. The molecule has 4 N–H and O–H groups in total. The zero-order chi connectivity index (χ0) is 18.5. The summed E-state index contributed by atoms with van der Waals surface area (Å²) in [7, 11) is 0. The third-order valence-electron chi connectivity index (χ3n) is 6.14. The zero-order valence-corrected chi connectivity index (χ0v) is 14.9. The number of hydrogen-bond acceptors (Lipinski definition) is 4. The Labute approximate surface area is 151 Å². The highest BCUT2D eigenvalue weighted by Gasteiger charge is 2.55. The van der Waals surface area contributed by atoms with Crippen LogP contribution in [-0.2, 0) is 4.79 Å². The molecule has 2 aliphatic rings. The number of fused-ring (bicyclic) bond motifs is 1. The van der Waals surface area contributed by atoms with Crippen LogP contribution < -0.4 is 11.1 Å². The molecule has 2 atom stereocenters. The number of nitrogens with two attached hydrogens (primary N) is 1. The SMILES string of the molecule is Cc1oc2ccc(C3CC34CCCC4)cc2c1C(=O)NC(CO)C(N)=O. The fourth-order valence-electron chi connectivity index (χ4n) is 4.62. The van der Waals surface area contributed by atoms with Crippen molar-refractivity contribution in [1.82, 2.24) is 5.32 Å². The minimum Gasteiger partial charge on any atom is -0.461 e. The number of primary amides is 1. The number of furan rings is 1. The fraction of sp³-hybridized carbons (Fsp3) is 0.500. The Morgan fingerprint density at radius 3 is 2.77 bits per heavy atom. The van der Waals surface area contributed by atoms with Crippen LogP contribution in [0.15, 0.2) is 22.6 Å². The molecule has 0 bridgehead atoms. The summed E-state index contributed by atoms with van der Waals surface area (Å²) < 4.78 is 5.73. The predicted octanol–water partition coefficient (Wildman–Crippen LogP) is 2.36. The summed E-state index contributed by atoms with van der Waals surface area (Å²) in [6, 6.07) is 4.97. The lowest BCUT2D eigenvalue weighted by atomic mass is 9.96. The fourth-order valence-corrected chi connectivity index (χ4v) is 4.62. The van der Waals surface area contributed by atoms with Crippen molar-refractivity contribution in [2.75, 3.05) is 6.61 Å². The largest absolute Gasteiger partial charge is 0.461 e. The lowest BCUT2D eigenvalue weighted by Crippen LogP contribution is -2.46. The molecule has 2 saturated carbocycles. The highest BCUT2D eigenvalue weighted by atomic mass is 16.3. The minimum atomic E-state index is -1.11. The average Bonchev–Trinajstić information content (AvgIpc) is 2.94. The maximum Gasteiger partial charge on any atom is 0.256 e. The number of carbonyl (C=O) groups excluding carboxylic acids is 2. The summed E-state index contributed by atoms with van der Waals surface area (Å²) in [5.74, 6) is -0.172. The first-order chi connectivity index (χ1) is 12.4. The summed E-state index contributed by atoms with van der Waals surface area (Å²) in [6.45, 7) is 1.19. The number of benzene rings is 1. The maximum atomic E-state index is 12.7. The lowest BCUT2D eigenvalue weighted by Gasteiger charge is -2.12. The number of amides is 2. The summed E-state index contributed by atoms with van der Waals surface area (Å²) in [6.07, 6.45) is 6.44. The quantitative estimate of drug-likeness (QED) is 0.765. The van der Waals surface area contributed by atoms with Gasteiger partial charge in [-0.05, 0) is 55.2 Å². The molecular formula is C20H24N2O4. The molecule has 2 amide bonds. The number of aliphatic hydroxyl groups is 1. The van der Waals surface area contributed by atoms with Crippen molar-refractivity contribution in [2.45, 2.75) is 51.0 Å². The second kappa shape index (κ2) is 6.13. The summed E-state index contributed by atoms with van der Waals surface area (Å²) in [4.78, 5) is 24.0. The molecule has 0 radical (unpaired) electrons. The van der Waals surface area contributed by atoms with E-state index < -0.39 is 24.5 Å². The molecule has 0 saturated heterocycles. The van der Waals surface area contributed by atoms with Gasteiger partial charge in [-0.1, -0.05) is 18.9 Å². The van der Waals surface area contributed by atoms with Gasteiger partial charge in [0.25, 0.3) is 5.91 Å². The van der Waals surface area contributed by atoms with Crippen LogP contribution in [0.2, 0.25) is 0 Å². The van der Waals surface area contributed by atoms with Gasteiger partial charge in [-0.3, -0.25) is 9.59 Å². The first kappa shape index (κ1) is 17.1. The summed E-state index contributed by atoms with van der Waals surface area (Å²) >= 11 is 0. The van der Waals surface area contributed by atoms with E-state index in [0.717, 1.165) is 5.39 Å². The Hall–Kier alpha value is -2.34. The molecule has 2 fully saturated rings. The van der Waals surface area contributed by atoms with Crippen molar-refractivity contribution in [2.24, 2.45) is 11.1 Å². The van der Waals surface area contributed by atoms with Gasteiger partial charge in [0.1, 0.15) is 17.4 Å². The van der Waals surface area contributed by atoms with E-state index in [1.54, 1.807) is 6.92 Å². The van der Waals surface area contributed by atoms with Crippen LogP contribution in [0.3, 0.4) is 0 Å². The first-order valence-electron chi connectivity index (χ1n) is 9.19. The number of aliphatic hydroxyl groups excluding tert-OH is 1. The summed E-state index contributed by atoms with van der Waals surface area (Å²) in [5.41, 5.74) is 7.98. The third-order valence-corrected chi connectivity index (χ3v) is 6.14. The van der Waals surface area contributed by atoms with Crippen LogP contribution in [0.1, 0.15) is 59.7 Å². The van der Waals surface area contributed by atoms with E-state index in [1.807, 2.05) is 6.07 Å². The molecule has 26 heavy (non-hydrogen) atoms. The van der Waals surface area contributed by atoms with Gasteiger partial charge in [-0.15, -0.1) is 0 Å². The highest BCUT2D eigenvalue weighted by Crippen LogP contribution is 2.67. The number of hydrogen-bond donors (Lipinski definition) is 3. The second-order valence-electron chi connectivity index (χ2n) is 7.73. The standard InChI is InChI=1S/C20H24N2O4/c1-11-17(19(25)22-15(10-23)18(21)24)13-8-12(4-5-16(13)26-11)14-9-20(14)6-2-3-7-20/h4-5,8,14-15,23H,2-3,6-7,9-10H2,1H3,(H2,21,24)(H,22,25). The van der Waals surface area contributed by atoms with Crippen molar-refractivity contribution in [3.8, 4) is 0 Å². The monoisotopic (exact) mass is 356 g/mol. The third kappa shape index (κ3) is 2.69. The summed E-state index contributed by atoms with van der Waals surface area (Å²) in [5, 5.41) is 12.5. The van der Waals surface area contributed by atoms with E-state index in [1.165, 1.54) is 37.7 Å². The smallest absolute Gasteiger partial charge is 0.256 e. The predicted molar refractivity (Wildman–Crippen MR) is 96.7 cm³/mol. The minimum absolute atomic E-state index is 0.405. The second-order valence-corrected chi connectivity index (χ2v) is 7.73. The Morgan fingerprint density at radius 1 is 1.38 bits per heavy atom. The normalized spacial score (nSPS) is 21.8. The van der Waals surface area contributed by atoms with E-state index >= 15 is 0 Å². The first-order valence-corrected chi connectivity index (χ1v) is 9.19. The molecule has 2 aromatic rings. The molecule has 4 rings (SSSR count). The van der Waals surface area contributed by atoms with Gasteiger partial charge in [-0.25, -0.2) is 0 Å². The van der Waals surface area contributed by atoms with Crippen LogP contribution in [0.5, 0.6) is 0 Å². The lowest BCUT2D eigenvalue weighted by molar-refractivity contribution is -0.120. The number of nitrogens with one attached hydrogen (secondary N) is 1. The molecule has 6 nitrogen and oxygen atoms in total. The molecule has 1 heterocycles. The Balaban J connectivity index is 1.66. The van der Waals surface area contributed by atoms with Crippen molar-refractivity contribution in [3.63, 3.8) is 0 Å². The van der Waals surface area contributed by atoms with Crippen LogP contribution in [0, 0.1) is 12.3 Å². The van der Waals surface area contributed by atoms with Crippen LogP contribution in [0.25, 0.3) is 11.0 Å².